The molecule has 12 nitrogen and oxygen atoms in total. The molecule has 2 aromatic heterocycles. The number of halogens is 3. The average Bonchev–Trinajstić information content (AvgIpc) is 3.37. The zero-order chi connectivity index (χ0) is 29.0. The number of hydrogen-bond acceptors (Lipinski definition) is 9. The summed E-state index contributed by atoms with van der Waals surface area (Å²) in [7, 11) is 0. The third-order valence-electron chi connectivity index (χ3n) is 5.43. The number of carbonyl (C=O) groups is 4. The van der Waals surface area contributed by atoms with E-state index in [4.69, 9.17) is 11.3 Å². The molecule has 4 heterocycles. The maximum Gasteiger partial charge on any atom is 0.471 e. The van der Waals surface area contributed by atoms with Crippen LogP contribution in [0.15, 0.2) is 52.4 Å². The molecule has 2 atom stereocenters. The molecule has 1 unspecified atom stereocenters. The SMILES string of the molecule is C#CCON=C(C(=O)NC1C(=O)N2C(C(=O)O)=C(C[n+]3ccccc3)CS[C@H]12)c1csc(NC(=O)C(F)(F)F)n1. The van der Waals surface area contributed by atoms with Gasteiger partial charge in [0.1, 0.15) is 22.8 Å². The van der Waals surface area contributed by atoms with Gasteiger partial charge in [-0.1, -0.05) is 17.1 Å². The first-order chi connectivity index (χ1) is 19.0. The highest BCUT2D eigenvalue weighted by Gasteiger charge is 2.55. The Hall–Kier alpha value is -4.43. The fourth-order valence-corrected chi connectivity index (χ4v) is 5.75. The fraction of sp³-hybridized carbons (Fsp3) is 0.261. The minimum Gasteiger partial charge on any atom is -0.477 e. The smallest absolute Gasteiger partial charge is 0.471 e. The van der Waals surface area contributed by atoms with E-state index in [1.54, 1.807) is 40.5 Å². The van der Waals surface area contributed by atoms with Crippen molar-refractivity contribution in [2.24, 2.45) is 5.16 Å². The van der Waals surface area contributed by atoms with Crippen molar-refractivity contribution in [2.75, 3.05) is 17.7 Å². The second-order valence-corrected chi connectivity index (χ2v) is 10.0. The van der Waals surface area contributed by atoms with Gasteiger partial charge in [0.2, 0.25) is 0 Å². The highest BCUT2D eigenvalue weighted by Crippen LogP contribution is 2.40. The minimum absolute atomic E-state index is 0.175. The van der Waals surface area contributed by atoms with E-state index >= 15 is 0 Å². The lowest BCUT2D eigenvalue weighted by molar-refractivity contribution is -0.689. The Morgan fingerprint density at radius 2 is 2.02 bits per heavy atom. The second kappa shape index (κ2) is 11.8. The van der Waals surface area contributed by atoms with Crippen molar-refractivity contribution in [3.63, 3.8) is 0 Å². The van der Waals surface area contributed by atoms with E-state index in [9.17, 15) is 37.5 Å². The number of oxime groups is 1. The van der Waals surface area contributed by atoms with Crippen LogP contribution in [0.1, 0.15) is 5.69 Å². The number of amides is 3. The van der Waals surface area contributed by atoms with Gasteiger partial charge in [0.25, 0.3) is 11.8 Å². The van der Waals surface area contributed by atoms with Gasteiger partial charge in [0.15, 0.2) is 36.4 Å². The van der Waals surface area contributed by atoms with Crippen LogP contribution in [0.5, 0.6) is 0 Å². The zero-order valence-corrected chi connectivity index (χ0v) is 21.7. The quantitative estimate of drug-likeness (QED) is 0.0958. The van der Waals surface area contributed by atoms with E-state index in [-0.39, 0.29) is 30.3 Å². The number of pyridine rings is 1. The maximum absolute atomic E-state index is 13.1. The van der Waals surface area contributed by atoms with Crippen molar-refractivity contribution in [1.82, 2.24) is 15.2 Å². The number of anilines is 1. The largest absolute Gasteiger partial charge is 0.477 e. The summed E-state index contributed by atoms with van der Waals surface area (Å²) in [5.74, 6) is -2.84. The van der Waals surface area contributed by atoms with E-state index in [1.807, 2.05) is 0 Å². The van der Waals surface area contributed by atoms with E-state index < -0.39 is 52.1 Å². The molecule has 1 saturated heterocycles. The number of carboxylic acids is 1. The number of nitrogens with zero attached hydrogens (tertiary/aromatic N) is 4. The monoisotopic (exact) mass is 595 g/mol. The lowest BCUT2D eigenvalue weighted by atomic mass is 10.0. The van der Waals surface area contributed by atoms with Gasteiger partial charge in [-0.15, -0.1) is 29.5 Å². The summed E-state index contributed by atoms with van der Waals surface area (Å²) in [6.45, 7) is -0.120. The molecule has 0 saturated carbocycles. The van der Waals surface area contributed by atoms with Crippen LogP contribution in [0.2, 0.25) is 0 Å². The predicted molar refractivity (Wildman–Crippen MR) is 134 cm³/mol. The Balaban J connectivity index is 1.52. The summed E-state index contributed by atoms with van der Waals surface area (Å²) in [6.07, 6.45) is 3.46. The zero-order valence-electron chi connectivity index (χ0n) is 20.0. The number of thioether (sulfide) groups is 1. The third kappa shape index (κ3) is 6.07. The molecule has 0 aliphatic carbocycles. The van der Waals surface area contributed by atoms with Gasteiger partial charge in [-0.05, 0) is 0 Å². The van der Waals surface area contributed by atoms with Crippen molar-refractivity contribution in [1.29, 1.82) is 0 Å². The molecule has 3 amide bonds. The summed E-state index contributed by atoms with van der Waals surface area (Å²) in [5.41, 5.74) is -0.457. The molecule has 0 spiro atoms. The number of hydrogen-bond donors (Lipinski definition) is 3. The van der Waals surface area contributed by atoms with Gasteiger partial charge >= 0.3 is 18.1 Å². The topological polar surface area (TPSA) is 154 Å². The summed E-state index contributed by atoms with van der Waals surface area (Å²) >= 11 is 1.84. The highest BCUT2D eigenvalue weighted by atomic mass is 32.2. The molecule has 0 bridgehead atoms. The standard InChI is InChI=1S/C23H17F3N6O6S2/c1-2-8-38-30-14(13-11-40-22(27-13)29-21(37)23(24,25)26)17(33)28-15-18(34)32-16(20(35)36)12(10-39-19(15)32)9-31-6-4-3-5-7-31/h1,3-7,11,15,19H,8-10H2,(H2-,27,28,29,33,35,36,37)/p+1/t15?,19-/m1/s1. The van der Waals surface area contributed by atoms with Gasteiger partial charge in [-0.25, -0.2) is 14.3 Å². The Morgan fingerprint density at radius 3 is 2.67 bits per heavy atom. The molecule has 3 N–H and O–H groups in total. The molecule has 2 aliphatic heterocycles. The number of carbonyl (C=O) groups excluding carboxylic acids is 3. The van der Waals surface area contributed by atoms with Crippen LogP contribution < -0.4 is 15.2 Å². The van der Waals surface area contributed by atoms with Crippen LogP contribution in [-0.4, -0.2) is 74.3 Å². The van der Waals surface area contributed by atoms with Crippen LogP contribution in [-0.2, 0) is 30.6 Å². The van der Waals surface area contributed by atoms with Gasteiger partial charge in [0.05, 0.1) is 0 Å². The van der Waals surface area contributed by atoms with E-state index in [0.717, 1.165) is 10.3 Å². The van der Waals surface area contributed by atoms with Crippen LogP contribution >= 0.6 is 23.1 Å². The summed E-state index contributed by atoms with van der Waals surface area (Å²) in [6, 6.07) is 4.23. The summed E-state index contributed by atoms with van der Waals surface area (Å²) in [5, 5.41) is 17.4. The minimum atomic E-state index is -5.16. The van der Waals surface area contributed by atoms with Gasteiger partial charge in [0, 0.05) is 28.8 Å². The van der Waals surface area contributed by atoms with Crippen molar-refractivity contribution < 1.29 is 46.9 Å². The second-order valence-electron chi connectivity index (χ2n) is 8.07. The first kappa shape index (κ1) is 28.6. The Kier molecular flexibility index (Phi) is 8.40. The number of aromatic nitrogens is 2. The number of nitrogens with one attached hydrogen (secondary N) is 2. The number of terminal acetylenes is 1. The molecule has 208 valence electrons. The molecular formula is C23H18F3N6O6S2+. The van der Waals surface area contributed by atoms with Crippen molar-refractivity contribution in [3.8, 4) is 12.3 Å². The number of rotatable bonds is 9. The molecule has 17 heteroatoms. The lowest BCUT2D eigenvalue weighted by Gasteiger charge is -2.49. The van der Waals surface area contributed by atoms with Crippen LogP contribution in [0, 0.1) is 12.3 Å². The lowest BCUT2D eigenvalue weighted by Crippen LogP contribution is -2.71. The molecule has 1 fully saturated rings. The summed E-state index contributed by atoms with van der Waals surface area (Å²) in [4.78, 5) is 59.1. The first-order valence-corrected chi connectivity index (χ1v) is 13.1. The number of aliphatic carboxylic acids is 1. The van der Waals surface area contributed by atoms with E-state index in [1.165, 1.54) is 11.8 Å². The number of thiazole rings is 1. The average molecular weight is 596 g/mol. The normalized spacial score (nSPS) is 18.8. The van der Waals surface area contributed by atoms with Crippen molar-refractivity contribution >= 4 is 57.6 Å². The predicted octanol–water partition coefficient (Wildman–Crippen LogP) is 0.724. The summed E-state index contributed by atoms with van der Waals surface area (Å²) < 4.78 is 39.5. The van der Waals surface area contributed by atoms with Gasteiger partial charge < -0.3 is 15.3 Å². The molecule has 4 rings (SSSR count). The van der Waals surface area contributed by atoms with E-state index in [2.05, 4.69) is 21.4 Å². The molecule has 0 radical (unpaired) electrons. The molecule has 2 aliphatic rings. The Bertz CT molecular complexity index is 1450. The molecule has 2 aromatic rings. The highest BCUT2D eigenvalue weighted by molar-refractivity contribution is 8.00. The van der Waals surface area contributed by atoms with Crippen LogP contribution in [0.4, 0.5) is 18.3 Å². The van der Waals surface area contributed by atoms with Crippen LogP contribution in [0.25, 0.3) is 0 Å². The van der Waals surface area contributed by atoms with Crippen molar-refractivity contribution in [3.05, 3.63) is 52.9 Å². The first-order valence-electron chi connectivity index (χ1n) is 11.1. The van der Waals surface area contributed by atoms with Gasteiger partial charge in [-0.2, -0.15) is 13.2 Å². The molecule has 0 aromatic carbocycles. The van der Waals surface area contributed by atoms with Crippen LogP contribution in [0.3, 0.4) is 0 Å². The number of β-lactam (4-membered cyclic amide) rings is 1. The van der Waals surface area contributed by atoms with Crippen molar-refractivity contribution in [2.45, 2.75) is 24.1 Å². The third-order valence-corrected chi connectivity index (χ3v) is 7.53. The molecule has 40 heavy (non-hydrogen) atoms. The molecular weight excluding hydrogens is 577 g/mol. The van der Waals surface area contributed by atoms with E-state index in [0.29, 0.717) is 16.9 Å². The van der Waals surface area contributed by atoms with Gasteiger partial charge in [-0.3, -0.25) is 24.6 Å². The number of alkyl halides is 3. The number of fused-ring (bicyclic) bond motifs is 1. The number of carboxylic acid groups (broad SMARTS) is 1. The maximum atomic E-state index is 13.1. The Morgan fingerprint density at radius 1 is 1.30 bits per heavy atom. The Labute approximate surface area is 231 Å². The fourth-order valence-electron chi connectivity index (χ4n) is 3.72.